The molecule has 0 bridgehead atoms. The second kappa shape index (κ2) is 7.32. The smallest absolute Gasteiger partial charge is 0.239 e. The molecule has 0 spiro atoms. The van der Waals surface area contributed by atoms with Gasteiger partial charge < -0.3 is 15.7 Å². The third kappa shape index (κ3) is 7.54. The van der Waals surface area contributed by atoms with Crippen molar-refractivity contribution in [3.8, 4) is 0 Å². The van der Waals surface area contributed by atoms with Gasteiger partial charge >= 0.3 is 0 Å². The first-order chi connectivity index (χ1) is 6.56. The molecule has 5 nitrogen and oxygen atoms in total. The van der Waals surface area contributed by atoms with Crippen molar-refractivity contribution in [1.29, 1.82) is 0 Å². The van der Waals surface area contributed by atoms with Crippen LogP contribution in [0.4, 0.5) is 0 Å². The lowest BCUT2D eigenvalue weighted by Crippen LogP contribution is -2.37. The highest BCUT2D eigenvalue weighted by Gasteiger charge is 2.03. The standard InChI is InChI=1S/C9H18N2O3/c1-3-8(13)11-6-9(14)10-5-4-7(2)12/h7,12H,3-6H2,1-2H3,(H,10,14)(H,11,13). The predicted molar refractivity (Wildman–Crippen MR) is 52.6 cm³/mol. The number of carbonyl (C=O) groups is 2. The zero-order valence-corrected chi connectivity index (χ0v) is 8.67. The van der Waals surface area contributed by atoms with Crippen LogP contribution in [0.2, 0.25) is 0 Å². The van der Waals surface area contributed by atoms with E-state index >= 15 is 0 Å². The summed E-state index contributed by atoms with van der Waals surface area (Å²) in [6.07, 6.45) is 0.481. The van der Waals surface area contributed by atoms with E-state index in [2.05, 4.69) is 10.6 Å². The molecular weight excluding hydrogens is 184 g/mol. The molecule has 1 atom stereocenters. The summed E-state index contributed by atoms with van der Waals surface area (Å²) < 4.78 is 0. The van der Waals surface area contributed by atoms with Gasteiger partial charge in [0.2, 0.25) is 11.8 Å². The van der Waals surface area contributed by atoms with Crippen molar-refractivity contribution < 1.29 is 14.7 Å². The summed E-state index contributed by atoms with van der Waals surface area (Å²) in [6.45, 7) is 3.82. The van der Waals surface area contributed by atoms with E-state index in [-0.39, 0.29) is 18.4 Å². The van der Waals surface area contributed by atoms with Crippen molar-refractivity contribution in [2.45, 2.75) is 32.8 Å². The molecule has 2 amide bonds. The summed E-state index contributed by atoms with van der Waals surface area (Å²) in [6, 6.07) is 0. The Morgan fingerprint density at radius 2 is 1.93 bits per heavy atom. The summed E-state index contributed by atoms with van der Waals surface area (Å²) in [4.78, 5) is 21.8. The lowest BCUT2D eigenvalue weighted by molar-refractivity contribution is -0.125. The van der Waals surface area contributed by atoms with Crippen LogP contribution < -0.4 is 10.6 Å². The van der Waals surface area contributed by atoms with E-state index in [1.165, 1.54) is 0 Å². The van der Waals surface area contributed by atoms with Crippen LogP contribution in [0.25, 0.3) is 0 Å². The second-order valence-electron chi connectivity index (χ2n) is 3.12. The van der Waals surface area contributed by atoms with E-state index in [9.17, 15) is 9.59 Å². The number of amides is 2. The Bertz CT molecular complexity index is 192. The van der Waals surface area contributed by atoms with Crippen LogP contribution in [0.5, 0.6) is 0 Å². The van der Waals surface area contributed by atoms with E-state index in [1.807, 2.05) is 0 Å². The van der Waals surface area contributed by atoms with Crippen LogP contribution >= 0.6 is 0 Å². The second-order valence-corrected chi connectivity index (χ2v) is 3.12. The molecule has 0 aromatic heterocycles. The van der Waals surface area contributed by atoms with Gasteiger partial charge in [-0.15, -0.1) is 0 Å². The first-order valence-corrected chi connectivity index (χ1v) is 4.77. The summed E-state index contributed by atoms with van der Waals surface area (Å²) in [7, 11) is 0. The van der Waals surface area contributed by atoms with Gasteiger partial charge in [0, 0.05) is 13.0 Å². The van der Waals surface area contributed by atoms with Gasteiger partial charge in [-0.3, -0.25) is 9.59 Å². The van der Waals surface area contributed by atoms with Crippen LogP contribution in [-0.4, -0.2) is 36.1 Å². The van der Waals surface area contributed by atoms with E-state index in [0.717, 1.165) is 0 Å². The molecule has 0 rings (SSSR count). The Hall–Kier alpha value is -1.10. The van der Waals surface area contributed by atoms with E-state index in [4.69, 9.17) is 5.11 Å². The Morgan fingerprint density at radius 3 is 2.43 bits per heavy atom. The highest BCUT2D eigenvalue weighted by Crippen LogP contribution is 1.85. The topological polar surface area (TPSA) is 78.4 Å². The van der Waals surface area contributed by atoms with Gasteiger partial charge in [-0.2, -0.15) is 0 Å². The Labute approximate surface area is 83.9 Å². The first kappa shape index (κ1) is 12.9. The van der Waals surface area contributed by atoms with Crippen LogP contribution in [-0.2, 0) is 9.59 Å². The average Bonchev–Trinajstić information content (AvgIpc) is 2.13. The van der Waals surface area contributed by atoms with Gasteiger partial charge in [0.05, 0.1) is 12.6 Å². The number of rotatable bonds is 6. The minimum atomic E-state index is -0.416. The summed E-state index contributed by atoms with van der Waals surface area (Å²) >= 11 is 0. The molecule has 0 radical (unpaired) electrons. The van der Waals surface area contributed by atoms with Crippen molar-refractivity contribution in [3.05, 3.63) is 0 Å². The fourth-order valence-electron chi connectivity index (χ4n) is 0.787. The highest BCUT2D eigenvalue weighted by molar-refractivity contribution is 5.84. The molecular formula is C9H18N2O3. The quantitative estimate of drug-likeness (QED) is 0.538. The summed E-state index contributed by atoms with van der Waals surface area (Å²) in [5.41, 5.74) is 0. The van der Waals surface area contributed by atoms with Crippen molar-refractivity contribution >= 4 is 11.8 Å². The number of nitrogens with one attached hydrogen (secondary N) is 2. The van der Waals surface area contributed by atoms with E-state index in [0.29, 0.717) is 19.4 Å². The molecule has 5 heteroatoms. The third-order valence-electron chi connectivity index (χ3n) is 1.65. The largest absolute Gasteiger partial charge is 0.393 e. The van der Waals surface area contributed by atoms with Gasteiger partial charge in [-0.25, -0.2) is 0 Å². The normalized spacial score (nSPS) is 11.9. The van der Waals surface area contributed by atoms with E-state index < -0.39 is 6.10 Å². The van der Waals surface area contributed by atoms with E-state index in [1.54, 1.807) is 13.8 Å². The zero-order valence-electron chi connectivity index (χ0n) is 8.67. The molecule has 1 unspecified atom stereocenters. The molecule has 0 aliphatic rings. The maximum absolute atomic E-state index is 11.0. The van der Waals surface area contributed by atoms with Gasteiger partial charge in [0.25, 0.3) is 0 Å². The zero-order chi connectivity index (χ0) is 11.0. The van der Waals surface area contributed by atoms with Gasteiger partial charge in [-0.05, 0) is 13.3 Å². The van der Waals surface area contributed by atoms with Crippen LogP contribution in [0.1, 0.15) is 26.7 Å². The first-order valence-electron chi connectivity index (χ1n) is 4.77. The molecule has 0 fully saturated rings. The fraction of sp³-hybridized carbons (Fsp3) is 0.778. The lowest BCUT2D eigenvalue weighted by atomic mass is 10.3. The average molecular weight is 202 g/mol. The van der Waals surface area contributed by atoms with Crippen LogP contribution in [0.3, 0.4) is 0 Å². The fourth-order valence-corrected chi connectivity index (χ4v) is 0.787. The number of hydrogen-bond acceptors (Lipinski definition) is 3. The molecule has 0 saturated carbocycles. The molecule has 14 heavy (non-hydrogen) atoms. The van der Waals surface area contributed by atoms with Gasteiger partial charge in [-0.1, -0.05) is 6.92 Å². The predicted octanol–water partition coefficient (Wildman–Crippen LogP) is -0.600. The third-order valence-corrected chi connectivity index (χ3v) is 1.65. The maximum Gasteiger partial charge on any atom is 0.239 e. The van der Waals surface area contributed by atoms with Gasteiger partial charge in [0.15, 0.2) is 0 Å². The molecule has 0 saturated heterocycles. The number of aliphatic hydroxyl groups excluding tert-OH is 1. The molecule has 0 aliphatic heterocycles. The molecule has 3 N–H and O–H groups in total. The van der Waals surface area contributed by atoms with Crippen molar-refractivity contribution in [2.24, 2.45) is 0 Å². The lowest BCUT2D eigenvalue weighted by Gasteiger charge is -2.07. The summed E-state index contributed by atoms with van der Waals surface area (Å²) in [5, 5.41) is 13.9. The Morgan fingerprint density at radius 1 is 1.29 bits per heavy atom. The van der Waals surface area contributed by atoms with Crippen molar-refractivity contribution in [3.63, 3.8) is 0 Å². The maximum atomic E-state index is 11.0. The van der Waals surface area contributed by atoms with Crippen LogP contribution in [0.15, 0.2) is 0 Å². The van der Waals surface area contributed by atoms with Crippen molar-refractivity contribution in [2.75, 3.05) is 13.1 Å². The molecule has 0 heterocycles. The molecule has 0 aliphatic carbocycles. The Kier molecular flexibility index (Phi) is 6.74. The van der Waals surface area contributed by atoms with Gasteiger partial charge in [0.1, 0.15) is 0 Å². The molecule has 0 aromatic rings. The van der Waals surface area contributed by atoms with Crippen molar-refractivity contribution in [1.82, 2.24) is 10.6 Å². The molecule has 82 valence electrons. The number of hydrogen-bond donors (Lipinski definition) is 3. The monoisotopic (exact) mass is 202 g/mol. The minimum Gasteiger partial charge on any atom is -0.393 e. The SMILES string of the molecule is CCC(=O)NCC(=O)NCCC(C)O. The number of carbonyl (C=O) groups excluding carboxylic acids is 2. The summed E-state index contributed by atoms with van der Waals surface area (Å²) in [5.74, 6) is -0.372. The van der Waals surface area contributed by atoms with Crippen LogP contribution in [0, 0.1) is 0 Å². The minimum absolute atomic E-state index is 0.00643. The highest BCUT2D eigenvalue weighted by atomic mass is 16.3. The number of aliphatic hydroxyl groups is 1. The Balaban J connectivity index is 3.42. The molecule has 0 aromatic carbocycles.